The fourth-order valence-electron chi connectivity index (χ4n) is 2.72. The van der Waals surface area contributed by atoms with E-state index in [-0.39, 0.29) is 0 Å². The van der Waals surface area contributed by atoms with Gasteiger partial charge in [0.1, 0.15) is 11.5 Å². The highest BCUT2D eigenvalue weighted by molar-refractivity contribution is 9.10. The van der Waals surface area contributed by atoms with Crippen LogP contribution in [0.2, 0.25) is 0 Å². The first-order valence-electron chi connectivity index (χ1n) is 6.77. The molecule has 3 rings (SSSR count). The third-order valence-electron chi connectivity index (χ3n) is 3.76. The molecule has 3 heteroatoms. The molecular formula is C16H18BrNO. The minimum atomic E-state index is 0.555. The number of benzene rings is 1. The van der Waals surface area contributed by atoms with Crippen LogP contribution in [-0.2, 0) is 19.4 Å². The van der Waals surface area contributed by atoms with Crippen molar-refractivity contribution in [3.05, 3.63) is 57.5 Å². The Morgan fingerprint density at radius 3 is 2.95 bits per heavy atom. The van der Waals surface area contributed by atoms with Crippen LogP contribution in [0, 0.1) is 6.92 Å². The highest BCUT2D eigenvalue weighted by Gasteiger charge is 2.18. The fraction of sp³-hybridized carbons (Fsp3) is 0.375. The summed E-state index contributed by atoms with van der Waals surface area (Å²) in [5.74, 6) is 2.01. The van der Waals surface area contributed by atoms with E-state index in [4.69, 9.17) is 4.42 Å². The van der Waals surface area contributed by atoms with Crippen molar-refractivity contribution < 1.29 is 4.42 Å². The summed E-state index contributed by atoms with van der Waals surface area (Å²) in [6.45, 7) is 2.81. The maximum atomic E-state index is 5.59. The molecule has 2 aromatic rings. The van der Waals surface area contributed by atoms with E-state index in [2.05, 4.69) is 45.5 Å². The van der Waals surface area contributed by atoms with Gasteiger partial charge in [-0.15, -0.1) is 0 Å². The lowest BCUT2D eigenvalue weighted by molar-refractivity contribution is 0.408. The largest absolute Gasteiger partial charge is 0.465 e. The number of aryl methyl sites for hydroxylation is 2. The van der Waals surface area contributed by atoms with E-state index < -0.39 is 0 Å². The Labute approximate surface area is 122 Å². The first-order valence-corrected chi connectivity index (χ1v) is 7.56. The van der Waals surface area contributed by atoms with Crippen molar-refractivity contribution in [2.24, 2.45) is 0 Å². The maximum Gasteiger partial charge on any atom is 0.117 e. The molecule has 0 saturated heterocycles. The molecule has 100 valence electrons. The number of fused-ring (bicyclic) bond motifs is 1. The molecule has 1 aromatic carbocycles. The standard InChI is InChI=1S/C16H18BrNO/c1-11-2-7-16(19-11)10-18-15-6-4-12-8-14(17)5-3-13(12)9-15/h2-3,5,7-8,15,18H,4,6,9-10H2,1H3. The van der Waals surface area contributed by atoms with Crippen molar-refractivity contribution in [2.45, 2.75) is 38.8 Å². The van der Waals surface area contributed by atoms with Crippen molar-refractivity contribution in [2.75, 3.05) is 0 Å². The van der Waals surface area contributed by atoms with Gasteiger partial charge < -0.3 is 9.73 Å². The minimum Gasteiger partial charge on any atom is -0.465 e. The molecule has 1 unspecified atom stereocenters. The average molecular weight is 320 g/mol. The number of nitrogens with one attached hydrogen (secondary N) is 1. The molecule has 1 N–H and O–H groups in total. The van der Waals surface area contributed by atoms with E-state index in [9.17, 15) is 0 Å². The molecule has 0 aliphatic heterocycles. The van der Waals surface area contributed by atoms with Gasteiger partial charge in [-0.2, -0.15) is 0 Å². The summed E-state index contributed by atoms with van der Waals surface area (Å²) in [5, 5.41) is 3.60. The van der Waals surface area contributed by atoms with Gasteiger partial charge in [0.15, 0.2) is 0 Å². The van der Waals surface area contributed by atoms with Crippen molar-refractivity contribution in [1.29, 1.82) is 0 Å². The van der Waals surface area contributed by atoms with Crippen molar-refractivity contribution in [3.8, 4) is 0 Å². The first-order chi connectivity index (χ1) is 9.20. The van der Waals surface area contributed by atoms with Gasteiger partial charge in [-0.3, -0.25) is 0 Å². The predicted molar refractivity (Wildman–Crippen MR) is 80.2 cm³/mol. The second-order valence-electron chi connectivity index (χ2n) is 5.25. The summed E-state index contributed by atoms with van der Waals surface area (Å²) in [6.07, 6.45) is 3.47. The fourth-order valence-corrected chi connectivity index (χ4v) is 3.13. The lowest BCUT2D eigenvalue weighted by atomic mass is 9.88. The van der Waals surface area contributed by atoms with Gasteiger partial charge in [-0.25, -0.2) is 0 Å². The molecule has 1 aliphatic rings. The molecule has 0 spiro atoms. The summed E-state index contributed by atoms with van der Waals surface area (Å²) in [4.78, 5) is 0. The normalized spacial score (nSPS) is 18.3. The van der Waals surface area contributed by atoms with Gasteiger partial charge in [-0.1, -0.05) is 22.0 Å². The van der Waals surface area contributed by atoms with E-state index in [1.165, 1.54) is 22.0 Å². The number of furan rings is 1. The zero-order valence-electron chi connectivity index (χ0n) is 11.1. The second-order valence-corrected chi connectivity index (χ2v) is 6.16. The van der Waals surface area contributed by atoms with Crippen LogP contribution in [0.4, 0.5) is 0 Å². The smallest absolute Gasteiger partial charge is 0.117 e. The zero-order chi connectivity index (χ0) is 13.2. The molecule has 2 nitrogen and oxygen atoms in total. The lowest BCUT2D eigenvalue weighted by Gasteiger charge is -2.25. The first kappa shape index (κ1) is 12.9. The Balaban J connectivity index is 1.61. The van der Waals surface area contributed by atoms with Crippen LogP contribution in [0.25, 0.3) is 0 Å². The third kappa shape index (κ3) is 3.10. The number of hydrogen-bond acceptors (Lipinski definition) is 2. The lowest BCUT2D eigenvalue weighted by Crippen LogP contribution is -2.34. The molecule has 1 atom stereocenters. The Kier molecular flexibility index (Phi) is 3.76. The number of rotatable bonds is 3. The molecule has 0 fully saturated rings. The van der Waals surface area contributed by atoms with E-state index in [1.807, 2.05) is 13.0 Å². The van der Waals surface area contributed by atoms with Crippen LogP contribution in [0.1, 0.15) is 29.1 Å². The van der Waals surface area contributed by atoms with Crippen LogP contribution in [0.3, 0.4) is 0 Å². The maximum absolute atomic E-state index is 5.59. The summed E-state index contributed by atoms with van der Waals surface area (Å²) in [6, 6.07) is 11.3. The quantitative estimate of drug-likeness (QED) is 0.925. The minimum absolute atomic E-state index is 0.555. The molecule has 0 bridgehead atoms. The Hall–Kier alpha value is -1.06. The monoisotopic (exact) mass is 319 g/mol. The van der Waals surface area contributed by atoms with Crippen molar-refractivity contribution in [3.63, 3.8) is 0 Å². The predicted octanol–water partition coefficient (Wildman–Crippen LogP) is 4.00. The topological polar surface area (TPSA) is 25.2 Å². The summed E-state index contributed by atoms with van der Waals surface area (Å²) in [7, 11) is 0. The van der Waals surface area contributed by atoms with Crippen molar-refractivity contribution >= 4 is 15.9 Å². The Morgan fingerprint density at radius 1 is 1.26 bits per heavy atom. The molecule has 0 amide bonds. The SMILES string of the molecule is Cc1ccc(CNC2CCc3cc(Br)ccc3C2)o1. The second kappa shape index (κ2) is 5.51. The van der Waals surface area contributed by atoms with E-state index in [0.717, 1.165) is 30.9 Å². The van der Waals surface area contributed by atoms with E-state index in [0.29, 0.717) is 6.04 Å². The highest BCUT2D eigenvalue weighted by atomic mass is 79.9. The van der Waals surface area contributed by atoms with Gasteiger partial charge in [0.05, 0.1) is 6.54 Å². The van der Waals surface area contributed by atoms with Gasteiger partial charge in [0.2, 0.25) is 0 Å². The molecule has 0 radical (unpaired) electrons. The Morgan fingerprint density at radius 2 is 2.16 bits per heavy atom. The third-order valence-corrected chi connectivity index (χ3v) is 4.25. The molecular weight excluding hydrogens is 302 g/mol. The van der Waals surface area contributed by atoms with Crippen LogP contribution in [0.15, 0.2) is 39.2 Å². The van der Waals surface area contributed by atoms with E-state index >= 15 is 0 Å². The van der Waals surface area contributed by atoms with E-state index in [1.54, 1.807) is 0 Å². The zero-order valence-corrected chi connectivity index (χ0v) is 12.7. The van der Waals surface area contributed by atoms with Crippen molar-refractivity contribution in [1.82, 2.24) is 5.32 Å². The molecule has 1 aromatic heterocycles. The van der Waals surface area contributed by atoms with Crippen LogP contribution < -0.4 is 5.32 Å². The van der Waals surface area contributed by atoms with Gasteiger partial charge in [-0.05, 0) is 61.6 Å². The number of hydrogen-bond donors (Lipinski definition) is 1. The summed E-state index contributed by atoms with van der Waals surface area (Å²) >= 11 is 3.54. The summed E-state index contributed by atoms with van der Waals surface area (Å²) in [5.41, 5.74) is 2.96. The molecule has 0 saturated carbocycles. The van der Waals surface area contributed by atoms with Crippen LogP contribution in [-0.4, -0.2) is 6.04 Å². The van der Waals surface area contributed by atoms with Gasteiger partial charge in [0, 0.05) is 10.5 Å². The summed E-state index contributed by atoms with van der Waals surface area (Å²) < 4.78 is 6.78. The number of halogens is 1. The molecule has 1 aliphatic carbocycles. The van der Waals surface area contributed by atoms with Crippen LogP contribution >= 0.6 is 15.9 Å². The van der Waals surface area contributed by atoms with Gasteiger partial charge >= 0.3 is 0 Å². The molecule has 1 heterocycles. The Bertz CT molecular complexity index is 576. The van der Waals surface area contributed by atoms with Gasteiger partial charge in [0.25, 0.3) is 0 Å². The molecule has 19 heavy (non-hydrogen) atoms. The average Bonchev–Trinajstić information content (AvgIpc) is 2.82. The highest BCUT2D eigenvalue weighted by Crippen LogP contribution is 2.25. The van der Waals surface area contributed by atoms with Crippen LogP contribution in [0.5, 0.6) is 0 Å².